The van der Waals surface area contributed by atoms with Gasteiger partial charge in [-0.2, -0.15) is 0 Å². The number of rotatable bonds is 7. The van der Waals surface area contributed by atoms with Gasteiger partial charge in [0.15, 0.2) is 0 Å². The Morgan fingerprint density at radius 1 is 1.50 bits per heavy atom. The number of nitrogens with one attached hydrogen (secondary N) is 1. The molecule has 0 fully saturated rings. The van der Waals surface area contributed by atoms with Crippen molar-refractivity contribution >= 4 is 11.6 Å². The number of ether oxygens (including phenoxy) is 1. The summed E-state index contributed by atoms with van der Waals surface area (Å²) in [6.07, 6.45) is 2.33. The fourth-order valence-electron chi connectivity index (χ4n) is 1.28. The molecule has 0 saturated heterocycles. The third-order valence-corrected chi connectivity index (χ3v) is 2.33. The quantitative estimate of drug-likeness (QED) is 0.570. The highest BCUT2D eigenvalue weighted by molar-refractivity contribution is 6.30. The van der Waals surface area contributed by atoms with Crippen molar-refractivity contribution in [2.24, 2.45) is 0 Å². The minimum atomic E-state index is 0.263. The van der Waals surface area contributed by atoms with E-state index in [1.807, 2.05) is 0 Å². The second-order valence-corrected chi connectivity index (χ2v) is 3.78. The van der Waals surface area contributed by atoms with E-state index in [2.05, 4.69) is 11.9 Å². The van der Waals surface area contributed by atoms with Crippen LogP contribution in [0.1, 0.15) is 12.0 Å². The van der Waals surface area contributed by atoms with E-state index in [1.165, 1.54) is 6.26 Å². The van der Waals surface area contributed by atoms with Crippen LogP contribution in [0.15, 0.2) is 31.0 Å². The van der Waals surface area contributed by atoms with Gasteiger partial charge in [-0.05, 0) is 31.2 Å². The molecule has 1 aromatic rings. The number of aromatic hydroxyl groups is 1. The second-order valence-electron chi connectivity index (χ2n) is 3.34. The van der Waals surface area contributed by atoms with Crippen molar-refractivity contribution in [3.05, 3.63) is 41.6 Å². The first-order valence-corrected chi connectivity index (χ1v) is 5.52. The molecule has 0 atom stereocenters. The Morgan fingerprint density at radius 2 is 2.31 bits per heavy atom. The smallest absolute Gasteiger partial charge is 0.120 e. The van der Waals surface area contributed by atoms with Crippen LogP contribution in [0, 0.1) is 0 Å². The zero-order valence-corrected chi connectivity index (χ0v) is 9.83. The van der Waals surface area contributed by atoms with E-state index in [0.29, 0.717) is 18.2 Å². The normalized spacial score (nSPS) is 10.1. The molecule has 1 aromatic carbocycles. The van der Waals surface area contributed by atoms with Crippen LogP contribution < -0.4 is 5.32 Å². The molecule has 0 aliphatic rings. The van der Waals surface area contributed by atoms with Crippen molar-refractivity contribution in [3.8, 4) is 5.75 Å². The van der Waals surface area contributed by atoms with E-state index in [0.717, 1.165) is 18.5 Å². The van der Waals surface area contributed by atoms with Gasteiger partial charge in [0.2, 0.25) is 0 Å². The molecule has 0 bridgehead atoms. The average molecular weight is 242 g/mol. The van der Waals surface area contributed by atoms with Crippen LogP contribution >= 0.6 is 11.6 Å². The number of halogens is 1. The first kappa shape index (κ1) is 12.9. The van der Waals surface area contributed by atoms with E-state index >= 15 is 0 Å². The molecule has 0 amide bonds. The predicted octanol–water partition coefficient (Wildman–Crippen LogP) is 2.69. The van der Waals surface area contributed by atoms with E-state index in [-0.39, 0.29) is 5.75 Å². The molecule has 3 nitrogen and oxygen atoms in total. The lowest BCUT2D eigenvalue weighted by atomic mass is 10.2. The maximum absolute atomic E-state index is 9.54. The highest BCUT2D eigenvalue weighted by Gasteiger charge is 2.01. The maximum Gasteiger partial charge on any atom is 0.120 e. The Bertz CT molecular complexity index is 342. The Labute approximate surface area is 101 Å². The fourth-order valence-corrected chi connectivity index (χ4v) is 1.48. The largest absolute Gasteiger partial charge is 0.508 e. The van der Waals surface area contributed by atoms with Gasteiger partial charge in [-0.15, -0.1) is 0 Å². The van der Waals surface area contributed by atoms with Gasteiger partial charge in [0.05, 0.1) is 12.9 Å². The van der Waals surface area contributed by atoms with Crippen LogP contribution in [-0.4, -0.2) is 18.3 Å². The lowest BCUT2D eigenvalue weighted by Gasteiger charge is -2.07. The molecule has 0 spiro atoms. The van der Waals surface area contributed by atoms with Crippen molar-refractivity contribution in [3.63, 3.8) is 0 Å². The van der Waals surface area contributed by atoms with E-state index in [4.69, 9.17) is 16.3 Å². The van der Waals surface area contributed by atoms with Crippen LogP contribution in [0.3, 0.4) is 0 Å². The highest BCUT2D eigenvalue weighted by atomic mass is 35.5. The van der Waals surface area contributed by atoms with E-state index < -0.39 is 0 Å². The Balaban J connectivity index is 2.26. The molecular formula is C12H16ClNO2. The molecule has 88 valence electrons. The molecular weight excluding hydrogens is 226 g/mol. The summed E-state index contributed by atoms with van der Waals surface area (Å²) in [6.45, 7) is 5.52. The van der Waals surface area contributed by atoms with Gasteiger partial charge in [-0.25, -0.2) is 0 Å². The zero-order valence-electron chi connectivity index (χ0n) is 9.08. The Hall–Kier alpha value is -1.19. The number of hydrogen-bond donors (Lipinski definition) is 2. The van der Waals surface area contributed by atoms with Gasteiger partial charge in [0.1, 0.15) is 5.75 Å². The van der Waals surface area contributed by atoms with Crippen LogP contribution in [-0.2, 0) is 11.3 Å². The van der Waals surface area contributed by atoms with Crippen LogP contribution in [0.25, 0.3) is 0 Å². The molecule has 0 saturated carbocycles. The number of hydrogen-bond acceptors (Lipinski definition) is 3. The Kier molecular flexibility index (Phi) is 5.75. The standard InChI is InChI=1S/C12H16ClNO2/c1-2-16-7-3-6-14-9-10-8-11(13)4-5-12(10)15/h2,4-5,8,14-15H,1,3,6-7,9H2. The molecule has 1 rings (SSSR count). The van der Waals surface area contributed by atoms with Crippen LogP contribution in [0.2, 0.25) is 5.02 Å². The van der Waals surface area contributed by atoms with Crippen molar-refractivity contribution < 1.29 is 9.84 Å². The second kappa shape index (κ2) is 7.14. The topological polar surface area (TPSA) is 41.5 Å². The van der Waals surface area contributed by atoms with Crippen LogP contribution in [0.4, 0.5) is 0 Å². The average Bonchev–Trinajstić information content (AvgIpc) is 2.28. The summed E-state index contributed by atoms with van der Waals surface area (Å²) in [5.41, 5.74) is 0.803. The summed E-state index contributed by atoms with van der Waals surface area (Å²) in [4.78, 5) is 0. The third kappa shape index (κ3) is 4.55. The number of phenols is 1. The van der Waals surface area contributed by atoms with Crippen molar-refractivity contribution in [2.75, 3.05) is 13.2 Å². The summed E-state index contributed by atoms with van der Waals surface area (Å²) in [5.74, 6) is 0.263. The summed E-state index contributed by atoms with van der Waals surface area (Å²) < 4.78 is 4.98. The SMILES string of the molecule is C=COCCCNCc1cc(Cl)ccc1O. The summed E-state index contributed by atoms with van der Waals surface area (Å²) >= 11 is 5.83. The molecule has 0 aromatic heterocycles. The minimum Gasteiger partial charge on any atom is -0.508 e. The van der Waals surface area contributed by atoms with Gasteiger partial charge in [-0.3, -0.25) is 0 Å². The van der Waals surface area contributed by atoms with Gasteiger partial charge in [0.25, 0.3) is 0 Å². The zero-order chi connectivity index (χ0) is 11.8. The first-order valence-electron chi connectivity index (χ1n) is 5.14. The first-order chi connectivity index (χ1) is 7.74. The summed E-state index contributed by atoms with van der Waals surface area (Å²) in [7, 11) is 0. The van der Waals surface area contributed by atoms with Crippen molar-refractivity contribution in [2.45, 2.75) is 13.0 Å². The molecule has 16 heavy (non-hydrogen) atoms. The fraction of sp³-hybridized carbons (Fsp3) is 0.333. The maximum atomic E-state index is 9.54. The number of benzene rings is 1. The molecule has 4 heteroatoms. The van der Waals surface area contributed by atoms with E-state index in [9.17, 15) is 5.11 Å². The summed E-state index contributed by atoms with van der Waals surface area (Å²) in [5, 5.41) is 13.4. The minimum absolute atomic E-state index is 0.263. The molecule has 0 aliphatic carbocycles. The molecule has 0 aliphatic heterocycles. The summed E-state index contributed by atoms with van der Waals surface area (Å²) in [6, 6.07) is 5.02. The van der Waals surface area contributed by atoms with Gasteiger partial charge >= 0.3 is 0 Å². The van der Waals surface area contributed by atoms with Crippen LogP contribution in [0.5, 0.6) is 5.75 Å². The molecule has 2 N–H and O–H groups in total. The lowest BCUT2D eigenvalue weighted by molar-refractivity contribution is 0.244. The molecule has 0 heterocycles. The highest BCUT2D eigenvalue weighted by Crippen LogP contribution is 2.20. The molecule has 0 radical (unpaired) electrons. The van der Waals surface area contributed by atoms with Gasteiger partial charge < -0.3 is 15.2 Å². The Morgan fingerprint density at radius 3 is 3.06 bits per heavy atom. The van der Waals surface area contributed by atoms with Gasteiger partial charge in [0, 0.05) is 17.1 Å². The van der Waals surface area contributed by atoms with E-state index in [1.54, 1.807) is 18.2 Å². The molecule has 0 unspecified atom stereocenters. The predicted molar refractivity (Wildman–Crippen MR) is 65.6 cm³/mol. The monoisotopic (exact) mass is 241 g/mol. The van der Waals surface area contributed by atoms with Crippen molar-refractivity contribution in [1.82, 2.24) is 5.32 Å². The van der Waals surface area contributed by atoms with Gasteiger partial charge in [-0.1, -0.05) is 18.2 Å². The lowest BCUT2D eigenvalue weighted by Crippen LogP contribution is -2.16. The third-order valence-electron chi connectivity index (χ3n) is 2.09. The number of phenolic OH excluding ortho intramolecular Hbond substituents is 1. The van der Waals surface area contributed by atoms with Crippen molar-refractivity contribution in [1.29, 1.82) is 0 Å².